The molecule has 0 bridgehead atoms. The molecule has 2 aliphatic rings. The number of rotatable bonds is 5. The number of H-pyrrole nitrogens is 1. The fourth-order valence-corrected chi connectivity index (χ4v) is 5.17. The molecule has 31 heavy (non-hydrogen) atoms. The van der Waals surface area contributed by atoms with Crippen molar-refractivity contribution in [1.29, 1.82) is 0 Å². The summed E-state index contributed by atoms with van der Waals surface area (Å²) in [6.45, 7) is 4.08. The van der Waals surface area contributed by atoms with Gasteiger partial charge in [0.05, 0.1) is 25.8 Å². The van der Waals surface area contributed by atoms with Gasteiger partial charge in [0.1, 0.15) is 31.9 Å². The van der Waals surface area contributed by atoms with E-state index in [0.717, 1.165) is 67.1 Å². The number of fused-ring (bicyclic) bond motifs is 1. The van der Waals surface area contributed by atoms with E-state index in [4.69, 9.17) is 4.74 Å². The zero-order chi connectivity index (χ0) is 21.4. The molecule has 1 aromatic carbocycles. The second-order valence-electron chi connectivity index (χ2n) is 8.98. The quantitative estimate of drug-likeness (QED) is 0.495. The summed E-state index contributed by atoms with van der Waals surface area (Å²) < 4.78 is 7.41. The lowest BCUT2D eigenvalue weighted by Crippen LogP contribution is -3.27. The van der Waals surface area contributed by atoms with Gasteiger partial charge in [-0.1, -0.05) is 12.8 Å². The Bertz CT molecular complexity index is 1110. The number of pyridine rings is 1. The molecule has 5 rings (SSSR count). The number of hydrogen-bond acceptors (Lipinski definition) is 5. The summed E-state index contributed by atoms with van der Waals surface area (Å²) in [5.74, 6) is 1.59. The molecule has 0 unspecified atom stereocenters. The molecule has 164 valence electrons. The first kappa shape index (κ1) is 20.1. The predicted octanol–water partition coefficient (Wildman–Crippen LogP) is -0.859. The number of nitrogens with zero attached hydrogens (tertiary/aromatic N) is 4. The van der Waals surface area contributed by atoms with Gasteiger partial charge in [0.15, 0.2) is 6.04 Å². The van der Waals surface area contributed by atoms with Gasteiger partial charge >= 0.3 is 0 Å². The van der Waals surface area contributed by atoms with Crippen molar-refractivity contribution in [3.8, 4) is 5.75 Å². The van der Waals surface area contributed by atoms with Gasteiger partial charge < -0.3 is 19.5 Å². The Hall–Kier alpha value is -2.78. The largest absolute Gasteiger partial charge is 0.497 e. The lowest BCUT2D eigenvalue weighted by Gasteiger charge is -2.33. The van der Waals surface area contributed by atoms with Crippen LogP contribution in [0.25, 0.3) is 10.9 Å². The van der Waals surface area contributed by atoms with Crippen molar-refractivity contribution < 1.29 is 14.5 Å². The number of hydrogen-bond donors (Lipinski definition) is 3. The molecular formula is C22H31N7O2+2. The fraction of sp³-hybridized carbons (Fsp3) is 0.545. The number of methoxy groups -OCH3 is 1. The van der Waals surface area contributed by atoms with Gasteiger partial charge in [0.2, 0.25) is 5.82 Å². The molecule has 1 aliphatic carbocycles. The molecule has 2 fully saturated rings. The Labute approximate surface area is 181 Å². The molecule has 0 amide bonds. The van der Waals surface area contributed by atoms with Gasteiger partial charge in [-0.15, -0.1) is 5.10 Å². The van der Waals surface area contributed by atoms with Crippen LogP contribution in [0.3, 0.4) is 0 Å². The predicted molar refractivity (Wildman–Crippen MR) is 116 cm³/mol. The van der Waals surface area contributed by atoms with Crippen molar-refractivity contribution in [2.45, 2.75) is 37.8 Å². The molecule has 9 nitrogen and oxygen atoms in total. The van der Waals surface area contributed by atoms with Gasteiger partial charge in [-0.25, -0.2) is 4.68 Å². The molecule has 3 aromatic rings. The number of tetrazole rings is 1. The van der Waals surface area contributed by atoms with Crippen LogP contribution < -0.4 is 20.1 Å². The molecule has 2 aromatic heterocycles. The van der Waals surface area contributed by atoms with Crippen LogP contribution in [-0.2, 0) is 0 Å². The highest BCUT2D eigenvalue weighted by molar-refractivity contribution is 5.80. The van der Waals surface area contributed by atoms with E-state index >= 15 is 0 Å². The Balaban J connectivity index is 1.63. The molecule has 1 saturated heterocycles. The zero-order valence-corrected chi connectivity index (χ0v) is 18.2. The van der Waals surface area contributed by atoms with E-state index in [1.165, 1.54) is 22.6 Å². The Morgan fingerprint density at radius 1 is 1.16 bits per heavy atom. The summed E-state index contributed by atoms with van der Waals surface area (Å²) in [6, 6.07) is 7.86. The number of quaternary nitrogens is 2. The monoisotopic (exact) mass is 425 g/mol. The molecular weight excluding hydrogens is 394 g/mol. The van der Waals surface area contributed by atoms with Gasteiger partial charge in [-0.2, -0.15) is 0 Å². The summed E-state index contributed by atoms with van der Waals surface area (Å²) in [4.78, 5) is 19.2. The van der Waals surface area contributed by atoms with E-state index in [1.54, 1.807) is 7.11 Å². The van der Waals surface area contributed by atoms with Gasteiger partial charge in [0, 0.05) is 10.9 Å². The average molecular weight is 426 g/mol. The number of likely N-dealkylation sites (N-methyl/N-ethyl adjacent to an activating group) is 1. The van der Waals surface area contributed by atoms with E-state index < -0.39 is 0 Å². The first-order valence-corrected chi connectivity index (χ1v) is 11.3. The van der Waals surface area contributed by atoms with Crippen LogP contribution in [0.5, 0.6) is 5.75 Å². The van der Waals surface area contributed by atoms with Crippen molar-refractivity contribution in [2.24, 2.45) is 0 Å². The molecule has 1 saturated carbocycles. The SMILES string of the molecule is COc1ccc2[nH]c(=O)c([C@@H](c3nnnn3C3CCCC3)[NH+]3CC[NH+](C)CC3)cc2c1. The van der Waals surface area contributed by atoms with E-state index in [9.17, 15) is 4.79 Å². The standard InChI is InChI=1S/C22H29N7O2/c1-27-9-11-28(12-10-27)20(21-24-25-26-29(21)16-5-3-4-6-16)18-14-15-13-17(31-2)7-8-19(15)23-22(18)30/h7-8,13-14,16,20H,3-6,9-12H2,1-2H3,(H,23,30)/p+2/t20-/m0/s1. The van der Waals surface area contributed by atoms with E-state index in [-0.39, 0.29) is 11.6 Å². The molecule has 9 heteroatoms. The van der Waals surface area contributed by atoms with Gasteiger partial charge in [-0.05, 0) is 47.5 Å². The van der Waals surface area contributed by atoms with Crippen molar-refractivity contribution >= 4 is 10.9 Å². The highest BCUT2D eigenvalue weighted by atomic mass is 16.5. The summed E-state index contributed by atoms with van der Waals surface area (Å²) in [6.07, 6.45) is 4.60. The highest BCUT2D eigenvalue weighted by Crippen LogP contribution is 2.31. The van der Waals surface area contributed by atoms with Crippen LogP contribution in [0.1, 0.15) is 49.2 Å². The topological polar surface area (TPSA) is 94.6 Å². The lowest BCUT2D eigenvalue weighted by molar-refractivity contribution is -1.02. The van der Waals surface area contributed by atoms with Crippen molar-refractivity contribution in [2.75, 3.05) is 40.3 Å². The summed E-state index contributed by atoms with van der Waals surface area (Å²) >= 11 is 0. The number of ether oxygens (including phenoxy) is 1. The minimum atomic E-state index is -0.192. The molecule has 1 atom stereocenters. The van der Waals surface area contributed by atoms with Crippen LogP contribution in [0.4, 0.5) is 0 Å². The number of piperazine rings is 1. The Kier molecular flexibility index (Phi) is 5.45. The minimum absolute atomic E-state index is 0.0672. The van der Waals surface area contributed by atoms with Crippen LogP contribution in [0.2, 0.25) is 0 Å². The Morgan fingerprint density at radius 2 is 1.94 bits per heavy atom. The maximum absolute atomic E-state index is 13.3. The first-order chi connectivity index (χ1) is 15.1. The molecule has 0 spiro atoms. The van der Waals surface area contributed by atoms with Crippen LogP contribution in [0.15, 0.2) is 29.1 Å². The Morgan fingerprint density at radius 3 is 2.68 bits per heavy atom. The third-order valence-corrected chi connectivity index (χ3v) is 6.99. The number of aromatic amines is 1. The average Bonchev–Trinajstić information content (AvgIpc) is 3.47. The smallest absolute Gasteiger partial charge is 0.258 e. The second-order valence-corrected chi connectivity index (χ2v) is 8.98. The normalized spacial score (nSPS) is 23.3. The lowest BCUT2D eigenvalue weighted by atomic mass is 10.0. The van der Waals surface area contributed by atoms with Gasteiger partial charge in [-0.3, -0.25) is 4.79 Å². The van der Waals surface area contributed by atoms with Crippen LogP contribution in [0, 0.1) is 0 Å². The van der Waals surface area contributed by atoms with E-state index in [2.05, 4.69) is 27.6 Å². The first-order valence-electron chi connectivity index (χ1n) is 11.3. The molecule has 3 heterocycles. The summed E-state index contributed by atoms with van der Waals surface area (Å²) in [7, 11) is 3.88. The van der Waals surface area contributed by atoms with Crippen molar-refractivity contribution in [1.82, 2.24) is 25.2 Å². The van der Waals surface area contributed by atoms with Crippen LogP contribution in [-0.4, -0.2) is 65.5 Å². The van der Waals surface area contributed by atoms with E-state index in [0.29, 0.717) is 6.04 Å². The number of aromatic nitrogens is 5. The fourth-order valence-electron chi connectivity index (χ4n) is 5.17. The minimum Gasteiger partial charge on any atom is -0.497 e. The number of benzene rings is 1. The van der Waals surface area contributed by atoms with E-state index in [1.807, 2.05) is 28.9 Å². The maximum Gasteiger partial charge on any atom is 0.258 e. The van der Waals surface area contributed by atoms with Crippen molar-refractivity contribution in [3.05, 3.63) is 46.0 Å². The molecule has 0 radical (unpaired) electrons. The third-order valence-electron chi connectivity index (χ3n) is 6.99. The zero-order valence-electron chi connectivity index (χ0n) is 18.2. The maximum atomic E-state index is 13.3. The summed E-state index contributed by atoms with van der Waals surface area (Å²) in [5.41, 5.74) is 1.47. The van der Waals surface area contributed by atoms with Gasteiger partial charge in [0.25, 0.3) is 5.56 Å². The summed E-state index contributed by atoms with van der Waals surface area (Å²) in [5, 5.41) is 13.9. The molecule has 1 aliphatic heterocycles. The van der Waals surface area contributed by atoms with Crippen molar-refractivity contribution in [3.63, 3.8) is 0 Å². The molecule has 3 N–H and O–H groups in total. The second kappa shape index (κ2) is 8.39. The third kappa shape index (κ3) is 3.83. The number of nitrogens with one attached hydrogen (secondary N) is 3. The van der Waals surface area contributed by atoms with Crippen LogP contribution >= 0.6 is 0 Å². The highest BCUT2D eigenvalue weighted by Gasteiger charge is 2.38.